The molecule has 0 radical (unpaired) electrons. The smallest absolute Gasteiger partial charge is 0.256 e. The topological polar surface area (TPSA) is 151 Å². The van der Waals surface area contributed by atoms with E-state index in [9.17, 15) is 14.2 Å². The number of aromatic amines is 1. The van der Waals surface area contributed by atoms with E-state index in [1.165, 1.54) is 0 Å². The molecule has 2 amide bonds. The molecule has 0 spiro atoms. The van der Waals surface area contributed by atoms with Crippen LogP contribution in [-0.4, -0.2) is 68.8 Å². The van der Waals surface area contributed by atoms with Gasteiger partial charge in [0.2, 0.25) is 5.91 Å². The fourth-order valence-corrected chi connectivity index (χ4v) is 5.71. The van der Waals surface area contributed by atoms with Crippen molar-refractivity contribution in [2.75, 3.05) is 36.5 Å². The molecule has 0 saturated carbocycles. The highest BCUT2D eigenvalue weighted by atomic mass is 31.1. The van der Waals surface area contributed by atoms with Crippen molar-refractivity contribution in [1.82, 2.24) is 25.1 Å². The first-order chi connectivity index (χ1) is 20.4. The number of rotatable bonds is 11. The zero-order chi connectivity index (χ0) is 29.5. The number of fused-ring (bicyclic) bond motifs is 1. The predicted octanol–water partition coefficient (Wildman–Crippen LogP) is 5.01. The van der Waals surface area contributed by atoms with Crippen LogP contribution in [-0.2, 0) is 13.9 Å². The Kier molecular flexibility index (Phi) is 9.45. The highest BCUT2D eigenvalue weighted by Gasteiger charge is 2.25. The standard InChI is InChI=1S/C29H34N7O5P/c1-3-40-42(39)16-12-25(37)36-15-4-5-21(18-36)32-28-26-23(11-14-31-27(26)34-35-28)41-22-8-6-20(7-9-22)29(38)33-24-17-19(2)10-13-30-24/h6-11,13-14,17,21,42H,3-5,12,15-16,18H2,1-2H3,(H,30,33,38)(H2,31,32,34,35)/t21-/m1/s1. The number of amides is 2. The van der Waals surface area contributed by atoms with Gasteiger partial charge in [-0.15, -0.1) is 0 Å². The minimum absolute atomic E-state index is 0.0214. The van der Waals surface area contributed by atoms with E-state index < -0.39 is 8.03 Å². The van der Waals surface area contributed by atoms with E-state index in [-0.39, 0.29) is 30.4 Å². The molecular weight excluding hydrogens is 557 g/mol. The average Bonchev–Trinajstić information content (AvgIpc) is 3.40. The van der Waals surface area contributed by atoms with Crippen molar-refractivity contribution in [3.63, 3.8) is 0 Å². The number of benzene rings is 1. The quantitative estimate of drug-likeness (QED) is 0.204. The molecule has 220 valence electrons. The number of carbonyl (C=O) groups excluding carboxylic acids is 2. The van der Waals surface area contributed by atoms with Gasteiger partial charge in [-0.1, -0.05) is 0 Å². The second kappa shape index (κ2) is 13.6. The van der Waals surface area contributed by atoms with E-state index in [1.807, 2.05) is 13.0 Å². The summed E-state index contributed by atoms with van der Waals surface area (Å²) in [6, 6.07) is 12.2. The molecule has 13 heteroatoms. The number of likely N-dealkylation sites (tertiary alicyclic amines) is 1. The van der Waals surface area contributed by atoms with Crippen LogP contribution in [0.2, 0.25) is 0 Å². The second-order valence-corrected chi connectivity index (χ2v) is 11.6. The minimum Gasteiger partial charge on any atom is -0.456 e. The maximum Gasteiger partial charge on any atom is 0.256 e. The van der Waals surface area contributed by atoms with E-state index in [0.29, 0.717) is 59.4 Å². The molecule has 0 aliphatic carbocycles. The van der Waals surface area contributed by atoms with Gasteiger partial charge in [-0.3, -0.25) is 19.3 Å². The van der Waals surface area contributed by atoms with Crippen LogP contribution in [0, 0.1) is 6.92 Å². The summed E-state index contributed by atoms with van der Waals surface area (Å²) >= 11 is 0. The molecule has 3 aromatic heterocycles. The number of nitrogens with zero attached hydrogens (tertiary/aromatic N) is 4. The van der Waals surface area contributed by atoms with Crippen molar-refractivity contribution in [1.29, 1.82) is 0 Å². The maximum absolute atomic E-state index is 12.7. The normalized spacial score (nSPS) is 15.8. The molecule has 3 N–H and O–H groups in total. The van der Waals surface area contributed by atoms with Crippen molar-refractivity contribution in [3.05, 3.63) is 66.0 Å². The van der Waals surface area contributed by atoms with Crippen molar-refractivity contribution in [2.24, 2.45) is 0 Å². The number of nitrogens with one attached hydrogen (secondary N) is 3. The van der Waals surface area contributed by atoms with E-state index in [4.69, 9.17) is 9.26 Å². The van der Waals surface area contributed by atoms with Gasteiger partial charge in [0.05, 0.1) is 6.61 Å². The van der Waals surface area contributed by atoms with Gasteiger partial charge in [-0.25, -0.2) is 9.97 Å². The molecule has 42 heavy (non-hydrogen) atoms. The molecular formula is C29H34N7O5P. The summed E-state index contributed by atoms with van der Waals surface area (Å²) in [5.74, 6) is 1.86. The average molecular weight is 592 g/mol. The maximum atomic E-state index is 12.7. The van der Waals surface area contributed by atoms with Crippen LogP contribution in [0.3, 0.4) is 0 Å². The first-order valence-corrected chi connectivity index (χ1v) is 15.5. The Labute approximate surface area is 244 Å². The summed E-state index contributed by atoms with van der Waals surface area (Å²) in [5.41, 5.74) is 2.03. The molecule has 1 aliphatic rings. The summed E-state index contributed by atoms with van der Waals surface area (Å²) in [7, 11) is -2.17. The van der Waals surface area contributed by atoms with Gasteiger partial charge in [0, 0.05) is 55.7 Å². The number of hydrogen-bond acceptors (Lipinski definition) is 9. The number of carbonyl (C=O) groups is 2. The van der Waals surface area contributed by atoms with Crippen LogP contribution in [0.5, 0.6) is 11.5 Å². The molecule has 2 atom stereocenters. The minimum atomic E-state index is -2.17. The van der Waals surface area contributed by atoms with Gasteiger partial charge in [0.25, 0.3) is 5.91 Å². The second-order valence-electron chi connectivity index (χ2n) is 10.0. The summed E-state index contributed by atoms with van der Waals surface area (Å²) in [6.07, 6.45) is 5.46. The molecule has 5 rings (SSSR count). The number of piperidine rings is 1. The monoisotopic (exact) mass is 591 g/mol. The summed E-state index contributed by atoms with van der Waals surface area (Å²) in [6.45, 7) is 5.29. The molecule has 1 unspecified atom stereocenters. The van der Waals surface area contributed by atoms with E-state index >= 15 is 0 Å². The Hall–Kier alpha value is -4.28. The lowest BCUT2D eigenvalue weighted by atomic mass is 10.1. The van der Waals surface area contributed by atoms with Gasteiger partial charge in [0.15, 0.2) is 19.5 Å². The molecule has 1 saturated heterocycles. The predicted molar refractivity (Wildman–Crippen MR) is 161 cm³/mol. The van der Waals surface area contributed by atoms with Crippen LogP contribution in [0.25, 0.3) is 11.0 Å². The van der Waals surface area contributed by atoms with Crippen LogP contribution in [0.15, 0.2) is 54.9 Å². The molecule has 1 fully saturated rings. The number of ether oxygens (including phenoxy) is 1. The SMILES string of the molecule is CCO[PH](=O)CCC(=O)N1CCC[C@@H](Nc2n[nH]c3nccc(Oc4ccc(C(=O)Nc5cc(C)ccn5)cc4)c23)C1. The Bertz CT molecular complexity index is 1580. The van der Waals surface area contributed by atoms with Crippen molar-refractivity contribution in [2.45, 2.75) is 39.2 Å². The number of hydrogen-bond donors (Lipinski definition) is 3. The van der Waals surface area contributed by atoms with Crippen LogP contribution in [0.1, 0.15) is 42.1 Å². The van der Waals surface area contributed by atoms with E-state index in [2.05, 4.69) is 30.8 Å². The summed E-state index contributed by atoms with van der Waals surface area (Å²) in [5, 5.41) is 14.3. The van der Waals surface area contributed by atoms with Crippen LogP contribution in [0.4, 0.5) is 11.6 Å². The van der Waals surface area contributed by atoms with E-state index in [1.54, 1.807) is 60.6 Å². The lowest BCUT2D eigenvalue weighted by Gasteiger charge is -2.33. The van der Waals surface area contributed by atoms with E-state index in [0.717, 1.165) is 18.4 Å². The third-order valence-corrected chi connectivity index (χ3v) is 8.16. The number of pyridine rings is 2. The molecule has 4 heterocycles. The summed E-state index contributed by atoms with van der Waals surface area (Å²) < 4.78 is 23.2. The number of aryl methyl sites for hydroxylation is 1. The molecule has 1 aromatic carbocycles. The van der Waals surface area contributed by atoms with Crippen molar-refractivity contribution in [3.8, 4) is 11.5 Å². The molecule has 1 aliphatic heterocycles. The van der Waals surface area contributed by atoms with Crippen LogP contribution < -0.4 is 15.4 Å². The van der Waals surface area contributed by atoms with Crippen LogP contribution >= 0.6 is 8.03 Å². The van der Waals surface area contributed by atoms with Gasteiger partial charge >= 0.3 is 0 Å². The molecule has 12 nitrogen and oxygen atoms in total. The first-order valence-electron chi connectivity index (χ1n) is 13.9. The molecule has 0 bridgehead atoms. The lowest BCUT2D eigenvalue weighted by molar-refractivity contribution is -0.131. The number of H-pyrrole nitrogens is 1. The van der Waals surface area contributed by atoms with Gasteiger partial charge in [-0.2, -0.15) is 5.10 Å². The fraction of sp³-hybridized carbons (Fsp3) is 0.345. The largest absolute Gasteiger partial charge is 0.456 e. The number of aromatic nitrogens is 4. The Morgan fingerprint density at radius 3 is 2.74 bits per heavy atom. The third-order valence-electron chi connectivity index (χ3n) is 6.89. The fourth-order valence-electron chi connectivity index (χ4n) is 4.82. The zero-order valence-corrected chi connectivity index (χ0v) is 24.6. The van der Waals surface area contributed by atoms with Gasteiger partial charge < -0.3 is 24.8 Å². The van der Waals surface area contributed by atoms with Gasteiger partial charge in [-0.05, 0) is 68.7 Å². The Morgan fingerprint density at radius 1 is 1.14 bits per heavy atom. The zero-order valence-electron chi connectivity index (χ0n) is 23.6. The van der Waals surface area contributed by atoms with Gasteiger partial charge in [0.1, 0.15) is 22.7 Å². The summed E-state index contributed by atoms with van der Waals surface area (Å²) in [4.78, 5) is 35.8. The third kappa shape index (κ3) is 7.32. The Balaban J connectivity index is 1.24. The van der Waals surface area contributed by atoms with Crippen molar-refractivity contribution >= 4 is 42.5 Å². The first kappa shape index (κ1) is 29.2. The highest BCUT2D eigenvalue weighted by Crippen LogP contribution is 2.34. The Morgan fingerprint density at radius 2 is 1.95 bits per heavy atom. The number of anilines is 2. The highest BCUT2D eigenvalue weighted by molar-refractivity contribution is 7.39. The van der Waals surface area contributed by atoms with Crippen molar-refractivity contribution < 1.29 is 23.4 Å². The molecule has 4 aromatic rings. The lowest BCUT2D eigenvalue weighted by Crippen LogP contribution is -2.45.